The fraction of sp³-hybridized carbons (Fsp3) is 0.933. The van der Waals surface area contributed by atoms with Crippen LogP contribution in [0.15, 0.2) is 0 Å². The predicted octanol–water partition coefficient (Wildman–Crippen LogP) is 4.36. The molecule has 0 heterocycles. The van der Waals surface area contributed by atoms with E-state index in [9.17, 15) is 31.1 Å². The Morgan fingerprint density at radius 1 is 1.00 bits per heavy atom. The molecule has 0 aromatic carbocycles. The average Bonchev–Trinajstić information content (AvgIpc) is 2.51. The molecule has 9 heteroatoms. The molecule has 0 radical (unpaired) electrons. The van der Waals surface area contributed by atoms with Gasteiger partial charge in [-0.15, -0.1) is 0 Å². The molecule has 0 aliphatic heterocycles. The average molecular weight is 365 g/mol. The van der Waals surface area contributed by atoms with Gasteiger partial charge in [0.25, 0.3) is 0 Å². The summed E-state index contributed by atoms with van der Waals surface area (Å²) in [6.45, 7) is 3.63. The van der Waals surface area contributed by atoms with Crippen molar-refractivity contribution in [1.82, 2.24) is 4.90 Å². The molecule has 0 aromatic rings. The minimum absolute atomic E-state index is 0.246. The van der Waals surface area contributed by atoms with E-state index >= 15 is 0 Å². The van der Waals surface area contributed by atoms with Crippen LogP contribution in [0.25, 0.3) is 0 Å². The third kappa shape index (κ3) is 7.72. The first-order valence-corrected chi connectivity index (χ1v) is 8.00. The molecule has 0 bridgehead atoms. The number of nitrogens with zero attached hydrogens (tertiary/aromatic N) is 1. The Hall–Kier alpha value is -0.990. The Morgan fingerprint density at radius 3 is 1.92 bits per heavy atom. The first-order chi connectivity index (χ1) is 11.1. The lowest BCUT2D eigenvalue weighted by Gasteiger charge is -2.25. The Balaban J connectivity index is 4.36. The second-order valence-electron chi connectivity index (χ2n) is 5.59. The van der Waals surface area contributed by atoms with Gasteiger partial charge >= 0.3 is 24.2 Å². The molecule has 0 aliphatic rings. The van der Waals surface area contributed by atoms with Gasteiger partial charge in [0.2, 0.25) is 0 Å². The second-order valence-corrected chi connectivity index (χ2v) is 5.59. The van der Waals surface area contributed by atoms with E-state index in [4.69, 9.17) is 0 Å². The highest BCUT2D eigenvalue weighted by Gasteiger charge is 2.63. The van der Waals surface area contributed by atoms with Crippen LogP contribution in [0.5, 0.6) is 0 Å². The highest BCUT2D eigenvalue weighted by molar-refractivity contribution is 5.69. The first-order valence-electron chi connectivity index (χ1n) is 8.00. The lowest BCUT2D eigenvalue weighted by Crippen LogP contribution is -2.49. The minimum atomic E-state index is -5.54. The third-order valence-corrected chi connectivity index (χ3v) is 3.46. The molecule has 0 aliphatic carbocycles. The van der Waals surface area contributed by atoms with E-state index in [0.29, 0.717) is 0 Å². The van der Waals surface area contributed by atoms with Crippen molar-refractivity contribution in [3.05, 3.63) is 0 Å². The fourth-order valence-electron chi connectivity index (χ4n) is 1.85. The van der Waals surface area contributed by atoms with Crippen molar-refractivity contribution >= 4 is 5.97 Å². The number of halogens is 6. The summed E-state index contributed by atoms with van der Waals surface area (Å²) in [5, 5.41) is 0. The zero-order chi connectivity index (χ0) is 18.8. The van der Waals surface area contributed by atoms with Gasteiger partial charge in [-0.2, -0.15) is 17.6 Å². The molecule has 3 nitrogen and oxygen atoms in total. The zero-order valence-electron chi connectivity index (χ0n) is 14.0. The van der Waals surface area contributed by atoms with Crippen LogP contribution < -0.4 is 0 Å². The number of alkyl halides is 6. The van der Waals surface area contributed by atoms with Crippen molar-refractivity contribution in [3.8, 4) is 0 Å². The summed E-state index contributed by atoms with van der Waals surface area (Å²) in [7, 11) is 0. The van der Waals surface area contributed by atoms with E-state index in [0.717, 1.165) is 38.8 Å². The summed E-state index contributed by atoms with van der Waals surface area (Å²) >= 11 is 0. The van der Waals surface area contributed by atoms with Crippen LogP contribution in [0.4, 0.5) is 26.3 Å². The van der Waals surface area contributed by atoms with Crippen LogP contribution in [0.1, 0.15) is 46.0 Å². The summed E-state index contributed by atoms with van der Waals surface area (Å²) in [6.07, 6.45) is -1.10. The molecule has 0 spiro atoms. The summed E-state index contributed by atoms with van der Waals surface area (Å²) in [4.78, 5) is 13.4. The molecule has 0 unspecified atom stereocenters. The smallest absolute Gasteiger partial charge is 0.372 e. The van der Waals surface area contributed by atoms with E-state index in [1.807, 2.05) is 18.7 Å². The van der Waals surface area contributed by atoms with Gasteiger partial charge in [0, 0.05) is 6.54 Å². The van der Waals surface area contributed by atoms with Gasteiger partial charge < -0.3 is 9.64 Å². The largest absolute Gasteiger partial charge is 0.459 e. The van der Waals surface area contributed by atoms with Crippen LogP contribution in [0, 0.1) is 0 Å². The van der Waals surface area contributed by atoms with Crippen molar-refractivity contribution < 1.29 is 35.9 Å². The van der Waals surface area contributed by atoms with Crippen molar-refractivity contribution in [2.75, 3.05) is 26.2 Å². The Bertz CT molecular complexity index is 358. The van der Waals surface area contributed by atoms with Gasteiger partial charge in [-0.3, -0.25) is 4.79 Å². The van der Waals surface area contributed by atoms with Crippen molar-refractivity contribution in [3.63, 3.8) is 0 Å². The zero-order valence-corrected chi connectivity index (χ0v) is 14.0. The van der Waals surface area contributed by atoms with E-state index in [2.05, 4.69) is 4.74 Å². The van der Waals surface area contributed by atoms with Crippen molar-refractivity contribution in [2.45, 2.75) is 64.2 Å². The quantitative estimate of drug-likeness (QED) is 0.359. The highest BCUT2D eigenvalue weighted by atomic mass is 19.3. The van der Waals surface area contributed by atoms with Crippen molar-refractivity contribution in [1.29, 1.82) is 0 Å². The van der Waals surface area contributed by atoms with E-state index in [-0.39, 0.29) is 13.0 Å². The van der Waals surface area contributed by atoms with E-state index < -0.39 is 30.8 Å². The number of ether oxygens (including phenoxy) is 1. The summed E-state index contributed by atoms with van der Waals surface area (Å²) in [6, 6.07) is 0. The highest BCUT2D eigenvalue weighted by Crippen LogP contribution is 2.39. The number of esters is 1. The molecule has 0 amide bonds. The van der Waals surface area contributed by atoms with Gasteiger partial charge in [0.15, 0.2) is 6.61 Å². The van der Waals surface area contributed by atoms with Gasteiger partial charge in [-0.25, -0.2) is 8.78 Å². The molecule has 144 valence electrons. The standard InChI is InChI=1S/C15H25F6NO2/c1-3-5-8-22(9-6-4-2)10-7-12(23)24-11-14(18,19)15(20,21)13(16)17/h13H,3-11H2,1-2H3. The number of unbranched alkanes of at least 4 members (excludes halogenated alkanes) is 2. The summed E-state index contributed by atoms with van der Waals surface area (Å²) < 4.78 is 79.4. The maximum absolute atomic E-state index is 13.0. The Morgan fingerprint density at radius 2 is 1.50 bits per heavy atom. The molecular formula is C15H25F6NO2. The Kier molecular flexibility index (Phi) is 10.3. The molecule has 0 saturated heterocycles. The van der Waals surface area contributed by atoms with Gasteiger partial charge in [0.1, 0.15) is 0 Å². The SMILES string of the molecule is CCCCN(CCCC)CCC(=O)OCC(F)(F)C(F)(F)C(F)F. The first kappa shape index (κ1) is 23.0. The van der Waals surface area contributed by atoms with Crippen LogP contribution in [0.3, 0.4) is 0 Å². The summed E-state index contributed by atoms with van der Waals surface area (Å²) in [5.74, 6) is -11.8. The number of hydrogen-bond donors (Lipinski definition) is 0. The molecular weight excluding hydrogens is 340 g/mol. The maximum atomic E-state index is 13.0. The fourth-order valence-corrected chi connectivity index (χ4v) is 1.85. The number of rotatable bonds is 13. The van der Waals surface area contributed by atoms with E-state index in [1.165, 1.54) is 0 Å². The molecule has 0 atom stereocenters. The predicted molar refractivity (Wildman–Crippen MR) is 77.7 cm³/mol. The summed E-state index contributed by atoms with van der Waals surface area (Å²) in [5.41, 5.74) is 0. The minimum Gasteiger partial charge on any atom is -0.459 e. The van der Waals surface area contributed by atoms with Gasteiger partial charge in [-0.05, 0) is 25.9 Å². The lowest BCUT2D eigenvalue weighted by molar-refractivity contribution is -0.276. The van der Waals surface area contributed by atoms with Crippen LogP contribution in [0.2, 0.25) is 0 Å². The van der Waals surface area contributed by atoms with E-state index in [1.54, 1.807) is 0 Å². The Labute approximate surface area is 138 Å². The molecule has 0 rings (SSSR count). The van der Waals surface area contributed by atoms with Crippen LogP contribution in [-0.4, -0.2) is 55.4 Å². The number of carbonyl (C=O) groups is 1. The monoisotopic (exact) mass is 365 g/mol. The van der Waals surface area contributed by atoms with Gasteiger partial charge in [-0.1, -0.05) is 26.7 Å². The normalized spacial score (nSPS) is 12.9. The molecule has 0 N–H and O–H groups in total. The van der Waals surface area contributed by atoms with Gasteiger partial charge in [0.05, 0.1) is 6.42 Å². The molecule has 24 heavy (non-hydrogen) atoms. The molecule has 0 fully saturated rings. The second kappa shape index (κ2) is 10.8. The topological polar surface area (TPSA) is 29.5 Å². The van der Waals surface area contributed by atoms with Crippen LogP contribution >= 0.6 is 0 Å². The molecule has 0 aromatic heterocycles. The maximum Gasteiger partial charge on any atom is 0.372 e. The lowest BCUT2D eigenvalue weighted by atomic mass is 10.2. The number of carbonyl (C=O) groups excluding carboxylic acids is 1. The van der Waals surface area contributed by atoms with Crippen molar-refractivity contribution in [2.24, 2.45) is 0 Å². The number of hydrogen-bond acceptors (Lipinski definition) is 3. The molecule has 0 saturated carbocycles. The van der Waals surface area contributed by atoms with Crippen LogP contribution in [-0.2, 0) is 9.53 Å². The third-order valence-electron chi connectivity index (χ3n) is 3.46.